The molecule has 2 aliphatic heterocycles. The lowest BCUT2D eigenvalue weighted by Gasteiger charge is -2.29. The van der Waals surface area contributed by atoms with E-state index in [9.17, 15) is 0 Å². The molecular formula is C16H24N2. The minimum atomic E-state index is 0.573. The van der Waals surface area contributed by atoms with E-state index >= 15 is 0 Å². The summed E-state index contributed by atoms with van der Waals surface area (Å²) in [4.78, 5) is 2.64. The molecule has 2 atom stereocenters. The Bertz CT molecular complexity index is 389. The maximum atomic E-state index is 3.61. The summed E-state index contributed by atoms with van der Waals surface area (Å²) in [6, 6.07) is 10.9. The van der Waals surface area contributed by atoms with E-state index in [2.05, 4.69) is 47.5 Å². The lowest BCUT2D eigenvalue weighted by atomic mass is 9.76. The second-order valence-electron chi connectivity index (χ2n) is 6.04. The molecule has 1 N–H and O–H groups in total. The highest BCUT2D eigenvalue weighted by atomic mass is 15.2. The molecule has 1 aromatic rings. The highest BCUT2D eigenvalue weighted by molar-refractivity contribution is 5.15. The zero-order valence-electron chi connectivity index (χ0n) is 11.4. The van der Waals surface area contributed by atoms with Gasteiger partial charge in [-0.1, -0.05) is 43.7 Å². The third-order valence-electron chi connectivity index (χ3n) is 4.94. The van der Waals surface area contributed by atoms with Crippen LogP contribution in [0.15, 0.2) is 30.3 Å². The van der Waals surface area contributed by atoms with Crippen molar-refractivity contribution in [2.75, 3.05) is 26.2 Å². The Morgan fingerprint density at radius 2 is 2.17 bits per heavy atom. The molecule has 0 aromatic heterocycles. The molecule has 1 aromatic carbocycles. The number of hydrogen-bond acceptors (Lipinski definition) is 2. The molecule has 2 unspecified atom stereocenters. The third kappa shape index (κ3) is 2.19. The molecule has 2 nitrogen and oxygen atoms in total. The van der Waals surface area contributed by atoms with Gasteiger partial charge < -0.3 is 5.32 Å². The van der Waals surface area contributed by atoms with Crippen LogP contribution in [-0.2, 0) is 6.54 Å². The van der Waals surface area contributed by atoms with Crippen LogP contribution in [0.5, 0.6) is 0 Å². The number of benzene rings is 1. The van der Waals surface area contributed by atoms with Crippen LogP contribution in [0.25, 0.3) is 0 Å². The number of nitrogens with one attached hydrogen (secondary N) is 1. The maximum Gasteiger partial charge on any atom is 0.0233 e. The van der Waals surface area contributed by atoms with Gasteiger partial charge >= 0.3 is 0 Å². The van der Waals surface area contributed by atoms with Gasteiger partial charge in [-0.3, -0.25) is 4.90 Å². The lowest BCUT2D eigenvalue weighted by Crippen LogP contribution is -2.33. The van der Waals surface area contributed by atoms with Gasteiger partial charge in [-0.15, -0.1) is 0 Å². The summed E-state index contributed by atoms with van der Waals surface area (Å²) in [7, 11) is 0. The van der Waals surface area contributed by atoms with Crippen molar-refractivity contribution in [2.24, 2.45) is 11.3 Å². The van der Waals surface area contributed by atoms with Crippen LogP contribution in [-0.4, -0.2) is 31.1 Å². The van der Waals surface area contributed by atoms with Gasteiger partial charge in [0.15, 0.2) is 0 Å². The first-order valence-electron chi connectivity index (χ1n) is 7.29. The molecule has 0 saturated carbocycles. The maximum absolute atomic E-state index is 3.61. The first kappa shape index (κ1) is 12.2. The minimum Gasteiger partial charge on any atom is -0.316 e. The molecule has 2 aliphatic rings. The van der Waals surface area contributed by atoms with Crippen molar-refractivity contribution in [3.05, 3.63) is 35.9 Å². The summed E-state index contributed by atoms with van der Waals surface area (Å²) in [6.45, 7) is 8.49. The van der Waals surface area contributed by atoms with Gasteiger partial charge in [0.05, 0.1) is 0 Å². The standard InChI is InChI=1S/C16H24N2/c1-2-15-10-17-12-16(15)8-9-18(13-16)11-14-6-4-3-5-7-14/h3-7,15,17H,2,8-13H2,1H3. The molecule has 0 amide bonds. The molecule has 0 bridgehead atoms. The van der Waals surface area contributed by atoms with Crippen LogP contribution in [0.3, 0.4) is 0 Å². The fraction of sp³-hybridized carbons (Fsp3) is 0.625. The number of nitrogens with zero attached hydrogens (tertiary/aromatic N) is 1. The Balaban J connectivity index is 1.65. The first-order valence-corrected chi connectivity index (χ1v) is 7.29. The van der Waals surface area contributed by atoms with Crippen molar-refractivity contribution in [3.8, 4) is 0 Å². The molecule has 2 saturated heterocycles. The summed E-state index contributed by atoms with van der Waals surface area (Å²) in [5, 5.41) is 3.61. The van der Waals surface area contributed by atoms with Gasteiger partial charge in [-0.05, 0) is 31.0 Å². The minimum absolute atomic E-state index is 0.573. The summed E-state index contributed by atoms with van der Waals surface area (Å²) >= 11 is 0. The van der Waals surface area contributed by atoms with Crippen LogP contribution in [0.4, 0.5) is 0 Å². The van der Waals surface area contributed by atoms with Crippen LogP contribution in [0, 0.1) is 11.3 Å². The van der Waals surface area contributed by atoms with Crippen molar-refractivity contribution in [1.29, 1.82) is 0 Å². The number of rotatable bonds is 3. The third-order valence-corrected chi connectivity index (χ3v) is 4.94. The molecule has 98 valence electrons. The molecule has 2 heteroatoms. The molecule has 2 heterocycles. The van der Waals surface area contributed by atoms with Crippen molar-refractivity contribution in [1.82, 2.24) is 10.2 Å². The Kier molecular flexibility index (Phi) is 3.40. The van der Waals surface area contributed by atoms with E-state index in [0.717, 1.165) is 12.5 Å². The van der Waals surface area contributed by atoms with Gasteiger partial charge in [-0.25, -0.2) is 0 Å². The summed E-state index contributed by atoms with van der Waals surface area (Å²) in [6.07, 6.45) is 2.71. The molecule has 0 radical (unpaired) electrons. The zero-order chi connectivity index (χ0) is 12.4. The highest BCUT2D eigenvalue weighted by Gasteiger charge is 2.46. The predicted molar refractivity (Wildman–Crippen MR) is 75.4 cm³/mol. The van der Waals surface area contributed by atoms with E-state index in [-0.39, 0.29) is 0 Å². The SMILES string of the molecule is CCC1CNCC12CCN(Cc1ccccc1)C2. The average molecular weight is 244 g/mol. The molecule has 18 heavy (non-hydrogen) atoms. The van der Waals surface area contributed by atoms with E-state index in [1.807, 2.05) is 0 Å². The van der Waals surface area contributed by atoms with Gasteiger partial charge in [0.25, 0.3) is 0 Å². The normalized spacial score (nSPS) is 32.4. The second-order valence-corrected chi connectivity index (χ2v) is 6.04. The van der Waals surface area contributed by atoms with Crippen molar-refractivity contribution >= 4 is 0 Å². The van der Waals surface area contributed by atoms with E-state index in [1.165, 1.54) is 44.6 Å². The quantitative estimate of drug-likeness (QED) is 0.879. The largest absolute Gasteiger partial charge is 0.316 e. The summed E-state index contributed by atoms with van der Waals surface area (Å²) in [5.41, 5.74) is 2.03. The van der Waals surface area contributed by atoms with Crippen LogP contribution < -0.4 is 5.32 Å². The summed E-state index contributed by atoms with van der Waals surface area (Å²) in [5.74, 6) is 0.887. The Morgan fingerprint density at radius 1 is 1.33 bits per heavy atom. The average Bonchev–Trinajstić information content (AvgIpc) is 2.99. The Morgan fingerprint density at radius 3 is 2.94 bits per heavy atom. The predicted octanol–water partition coefficient (Wildman–Crippen LogP) is 2.51. The highest BCUT2D eigenvalue weighted by Crippen LogP contribution is 2.42. The topological polar surface area (TPSA) is 15.3 Å². The zero-order valence-corrected chi connectivity index (χ0v) is 11.4. The van der Waals surface area contributed by atoms with Gasteiger partial charge in [0.2, 0.25) is 0 Å². The van der Waals surface area contributed by atoms with E-state index < -0.39 is 0 Å². The molecule has 2 fully saturated rings. The molecule has 3 rings (SSSR count). The second kappa shape index (κ2) is 5.02. The van der Waals surface area contributed by atoms with Gasteiger partial charge in [0.1, 0.15) is 0 Å². The van der Waals surface area contributed by atoms with Gasteiger partial charge in [-0.2, -0.15) is 0 Å². The molecule has 0 aliphatic carbocycles. The monoisotopic (exact) mass is 244 g/mol. The van der Waals surface area contributed by atoms with Crippen LogP contribution in [0.2, 0.25) is 0 Å². The summed E-state index contributed by atoms with van der Waals surface area (Å²) < 4.78 is 0. The van der Waals surface area contributed by atoms with E-state index in [1.54, 1.807) is 0 Å². The Labute approximate surface area is 110 Å². The lowest BCUT2D eigenvalue weighted by molar-refractivity contribution is 0.207. The molecule has 1 spiro atoms. The molecular weight excluding hydrogens is 220 g/mol. The van der Waals surface area contributed by atoms with E-state index in [4.69, 9.17) is 0 Å². The smallest absolute Gasteiger partial charge is 0.0233 e. The van der Waals surface area contributed by atoms with Crippen LogP contribution >= 0.6 is 0 Å². The number of likely N-dealkylation sites (tertiary alicyclic amines) is 1. The fourth-order valence-electron chi connectivity index (χ4n) is 3.87. The fourth-order valence-corrected chi connectivity index (χ4v) is 3.87. The number of hydrogen-bond donors (Lipinski definition) is 1. The Hall–Kier alpha value is -0.860. The van der Waals surface area contributed by atoms with E-state index in [0.29, 0.717) is 5.41 Å². The van der Waals surface area contributed by atoms with Crippen molar-refractivity contribution < 1.29 is 0 Å². The van der Waals surface area contributed by atoms with Crippen molar-refractivity contribution in [3.63, 3.8) is 0 Å². The van der Waals surface area contributed by atoms with Crippen LogP contribution in [0.1, 0.15) is 25.3 Å². The first-order chi connectivity index (χ1) is 8.82. The van der Waals surface area contributed by atoms with Crippen molar-refractivity contribution in [2.45, 2.75) is 26.3 Å². The van der Waals surface area contributed by atoms with Gasteiger partial charge in [0, 0.05) is 25.0 Å².